The third-order valence-electron chi connectivity index (χ3n) is 2.67. The van der Waals surface area contributed by atoms with Crippen LogP contribution in [0.3, 0.4) is 0 Å². The maximum absolute atomic E-state index is 5.54. The number of hydrogen-bond acceptors (Lipinski definition) is 2. The molecule has 1 unspecified atom stereocenters. The van der Waals surface area contributed by atoms with Crippen LogP contribution in [-0.2, 0) is 0 Å². The zero-order valence-electron chi connectivity index (χ0n) is 10.3. The smallest absolute Gasteiger partial charge is 0.123 e. The van der Waals surface area contributed by atoms with E-state index in [2.05, 4.69) is 25.1 Å². The summed E-state index contributed by atoms with van der Waals surface area (Å²) in [5.74, 6) is 3.74. The van der Waals surface area contributed by atoms with Crippen LogP contribution in [-0.4, -0.2) is 6.54 Å². The molecule has 1 aromatic heterocycles. The van der Waals surface area contributed by atoms with Gasteiger partial charge in [0.05, 0.1) is 12.3 Å². The maximum atomic E-state index is 5.54. The van der Waals surface area contributed by atoms with E-state index in [1.165, 1.54) is 5.56 Å². The summed E-state index contributed by atoms with van der Waals surface area (Å²) in [6.45, 7) is 5.27. The van der Waals surface area contributed by atoms with Crippen molar-refractivity contribution in [2.24, 2.45) is 0 Å². The molecule has 0 aliphatic heterocycles. The Kier molecular flexibility index (Phi) is 5.74. The van der Waals surface area contributed by atoms with E-state index in [0.29, 0.717) is 6.04 Å². The van der Waals surface area contributed by atoms with Gasteiger partial charge >= 0.3 is 0 Å². The standard InChI is InChI=1S/C14H21NO/c1-4-6-7-8-13(15-10-5-2)14-12(3)9-11-16-14/h1,9,11,13,15H,5-8,10H2,2-3H3. The van der Waals surface area contributed by atoms with Gasteiger partial charge in [-0.05, 0) is 44.4 Å². The molecule has 1 heterocycles. The van der Waals surface area contributed by atoms with Crippen LogP contribution in [0, 0.1) is 19.3 Å². The second-order valence-electron chi connectivity index (χ2n) is 4.07. The first-order chi connectivity index (χ1) is 7.79. The van der Waals surface area contributed by atoms with E-state index >= 15 is 0 Å². The molecule has 0 spiro atoms. The van der Waals surface area contributed by atoms with E-state index in [1.807, 2.05) is 6.07 Å². The number of terminal acetylenes is 1. The van der Waals surface area contributed by atoms with Gasteiger partial charge in [0.25, 0.3) is 0 Å². The third kappa shape index (κ3) is 3.75. The average Bonchev–Trinajstić information content (AvgIpc) is 2.70. The van der Waals surface area contributed by atoms with Gasteiger partial charge in [-0.25, -0.2) is 0 Å². The van der Waals surface area contributed by atoms with Crippen molar-refractivity contribution >= 4 is 0 Å². The predicted octanol–water partition coefficient (Wildman–Crippen LogP) is 3.43. The van der Waals surface area contributed by atoms with Crippen molar-refractivity contribution in [1.82, 2.24) is 5.32 Å². The minimum absolute atomic E-state index is 0.309. The van der Waals surface area contributed by atoms with Crippen molar-refractivity contribution in [1.29, 1.82) is 0 Å². The van der Waals surface area contributed by atoms with Crippen LogP contribution in [0.1, 0.15) is 50.0 Å². The zero-order valence-corrected chi connectivity index (χ0v) is 10.3. The van der Waals surface area contributed by atoms with Gasteiger partial charge in [-0.2, -0.15) is 0 Å². The van der Waals surface area contributed by atoms with Crippen LogP contribution in [0.15, 0.2) is 16.7 Å². The first kappa shape index (κ1) is 12.9. The Balaban J connectivity index is 2.57. The highest BCUT2D eigenvalue weighted by Crippen LogP contribution is 2.23. The van der Waals surface area contributed by atoms with Crippen LogP contribution in [0.4, 0.5) is 0 Å². The fourth-order valence-corrected chi connectivity index (χ4v) is 1.79. The van der Waals surface area contributed by atoms with Crippen molar-refractivity contribution in [2.45, 2.75) is 45.6 Å². The number of hydrogen-bond donors (Lipinski definition) is 1. The molecule has 0 aliphatic carbocycles. The number of furan rings is 1. The Hall–Kier alpha value is -1.20. The molecule has 2 heteroatoms. The molecule has 0 bridgehead atoms. The molecule has 0 amide bonds. The average molecular weight is 219 g/mol. The summed E-state index contributed by atoms with van der Waals surface area (Å²) >= 11 is 0. The van der Waals surface area contributed by atoms with Gasteiger partial charge in [0.15, 0.2) is 0 Å². The molecule has 1 N–H and O–H groups in total. The van der Waals surface area contributed by atoms with Crippen LogP contribution in [0.2, 0.25) is 0 Å². The molecular weight excluding hydrogens is 198 g/mol. The zero-order chi connectivity index (χ0) is 11.8. The molecule has 0 aromatic carbocycles. The summed E-state index contributed by atoms with van der Waals surface area (Å²) in [6.07, 6.45) is 11.1. The molecule has 1 rings (SSSR count). The van der Waals surface area contributed by atoms with Crippen molar-refractivity contribution in [3.05, 3.63) is 23.7 Å². The number of nitrogens with one attached hydrogen (secondary N) is 1. The van der Waals surface area contributed by atoms with E-state index < -0.39 is 0 Å². The molecule has 0 fully saturated rings. The summed E-state index contributed by atoms with van der Waals surface area (Å²) in [5, 5.41) is 3.51. The van der Waals surface area contributed by atoms with Gasteiger partial charge in [0, 0.05) is 6.42 Å². The van der Waals surface area contributed by atoms with Crippen molar-refractivity contribution in [2.75, 3.05) is 6.54 Å². The Morgan fingerprint density at radius 3 is 2.94 bits per heavy atom. The quantitative estimate of drug-likeness (QED) is 0.561. The molecule has 0 saturated carbocycles. The molecule has 0 aliphatic rings. The van der Waals surface area contributed by atoms with Crippen LogP contribution in [0.25, 0.3) is 0 Å². The molecule has 16 heavy (non-hydrogen) atoms. The lowest BCUT2D eigenvalue weighted by molar-refractivity contribution is 0.388. The fourth-order valence-electron chi connectivity index (χ4n) is 1.79. The molecular formula is C14H21NO. The minimum atomic E-state index is 0.309. The van der Waals surface area contributed by atoms with E-state index in [0.717, 1.165) is 38.0 Å². The first-order valence-electron chi connectivity index (χ1n) is 6.00. The van der Waals surface area contributed by atoms with Gasteiger partial charge in [-0.1, -0.05) is 6.92 Å². The highest BCUT2D eigenvalue weighted by Gasteiger charge is 2.15. The Bertz CT molecular complexity index is 335. The van der Waals surface area contributed by atoms with E-state index in [4.69, 9.17) is 10.8 Å². The third-order valence-corrected chi connectivity index (χ3v) is 2.67. The van der Waals surface area contributed by atoms with E-state index in [1.54, 1.807) is 6.26 Å². The van der Waals surface area contributed by atoms with Gasteiger partial charge in [-0.15, -0.1) is 12.3 Å². The van der Waals surface area contributed by atoms with Crippen molar-refractivity contribution < 1.29 is 4.42 Å². The van der Waals surface area contributed by atoms with Gasteiger partial charge in [0.2, 0.25) is 0 Å². The fraction of sp³-hybridized carbons (Fsp3) is 0.571. The monoisotopic (exact) mass is 219 g/mol. The van der Waals surface area contributed by atoms with E-state index in [-0.39, 0.29) is 0 Å². The summed E-state index contributed by atoms with van der Waals surface area (Å²) in [4.78, 5) is 0. The van der Waals surface area contributed by atoms with Gasteiger partial charge < -0.3 is 9.73 Å². The van der Waals surface area contributed by atoms with Crippen molar-refractivity contribution in [3.8, 4) is 12.3 Å². The number of rotatable bonds is 7. The molecule has 88 valence electrons. The Labute approximate surface area is 98.4 Å². The van der Waals surface area contributed by atoms with E-state index in [9.17, 15) is 0 Å². The summed E-state index contributed by atoms with van der Waals surface area (Å²) in [7, 11) is 0. The minimum Gasteiger partial charge on any atom is -0.467 e. The number of aryl methyl sites for hydroxylation is 1. The maximum Gasteiger partial charge on any atom is 0.123 e. The van der Waals surface area contributed by atoms with Crippen LogP contribution in [0.5, 0.6) is 0 Å². The summed E-state index contributed by atoms with van der Waals surface area (Å²) < 4.78 is 5.54. The second-order valence-corrected chi connectivity index (χ2v) is 4.07. The normalized spacial score (nSPS) is 12.3. The summed E-state index contributed by atoms with van der Waals surface area (Å²) in [6, 6.07) is 2.32. The Morgan fingerprint density at radius 1 is 1.56 bits per heavy atom. The highest BCUT2D eigenvalue weighted by atomic mass is 16.3. The first-order valence-corrected chi connectivity index (χ1v) is 6.00. The van der Waals surface area contributed by atoms with Crippen LogP contribution < -0.4 is 5.32 Å². The van der Waals surface area contributed by atoms with Gasteiger partial charge in [-0.3, -0.25) is 0 Å². The van der Waals surface area contributed by atoms with Crippen LogP contribution >= 0.6 is 0 Å². The lowest BCUT2D eigenvalue weighted by atomic mass is 10.0. The largest absolute Gasteiger partial charge is 0.467 e. The molecule has 2 nitrogen and oxygen atoms in total. The molecule has 1 aromatic rings. The predicted molar refractivity (Wildman–Crippen MR) is 67.2 cm³/mol. The Morgan fingerprint density at radius 2 is 2.38 bits per heavy atom. The highest BCUT2D eigenvalue weighted by molar-refractivity contribution is 5.18. The lowest BCUT2D eigenvalue weighted by Gasteiger charge is -2.16. The number of unbranched alkanes of at least 4 members (excludes halogenated alkanes) is 1. The second kappa shape index (κ2) is 7.14. The lowest BCUT2D eigenvalue weighted by Crippen LogP contribution is -2.22. The molecule has 0 radical (unpaired) electrons. The summed E-state index contributed by atoms with van der Waals surface area (Å²) in [5.41, 5.74) is 1.22. The SMILES string of the molecule is C#CCCCC(NCCC)c1occc1C. The molecule has 1 atom stereocenters. The van der Waals surface area contributed by atoms with Gasteiger partial charge in [0.1, 0.15) is 5.76 Å². The van der Waals surface area contributed by atoms with Crippen molar-refractivity contribution in [3.63, 3.8) is 0 Å². The molecule has 0 saturated heterocycles. The topological polar surface area (TPSA) is 25.2 Å².